The monoisotopic (exact) mass is 362 g/mol. The number of nitrogens with one attached hydrogen (secondary N) is 1. The first-order valence-corrected chi connectivity index (χ1v) is 8.50. The van der Waals surface area contributed by atoms with Gasteiger partial charge in [-0.3, -0.25) is 9.48 Å². The van der Waals surface area contributed by atoms with E-state index in [0.29, 0.717) is 28.3 Å². The molecule has 4 aromatic rings. The summed E-state index contributed by atoms with van der Waals surface area (Å²) < 4.78 is 1.84. The third-order valence-corrected chi connectivity index (χ3v) is 4.26. The molecule has 0 atom stereocenters. The lowest BCUT2D eigenvalue weighted by molar-refractivity contribution is 0.687. The van der Waals surface area contributed by atoms with Gasteiger partial charge in [0.15, 0.2) is 5.82 Å². The maximum Gasteiger partial charge on any atom is 0.259 e. The van der Waals surface area contributed by atoms with Gasteiger partial charge in [0.05, 0.1) is 28.7 Å². The highest BCUT2D eigenvalue weighted by molar-refractivity contribution is 6.50. The number of benzene rings is 2. The first-order chi connectivity index (χ1) is 12.7. The van der Waals surface area contributed by atoms with Crippen LogP contribution in [0, 0.1) is 0 Å². The molecule has 128 valence electrons. The maximum absolute atomic E-state index is 12.2. The number of rotatable bonds is 4. The number of H-pyrrole nitrogens is 1. The van der Waals surface area contributed by atoms with Crippen molar-refractivity contribution in [3.8, 4) is 0 Å². The van der Waals surface area contributed by atoms with Crippen molar-refractivity contribution in [3.63, 3.8) is 0 Å². The van der Waals surface area contributed by atoms with Gasteiger partial charge in [-0.05, 0) is 23.8 Å². The second-order valence-corrected chi connectivity index (χ2v) is 6.29. The maximum atomic E-state index is 12.2. The van der Waals surface area contributed by atoms with Crippen LogP contribution in [0.25, 0.3) is 22.0 Å². The van der Waals surface area contributed by atoms with Crippen molar-refractivity contribution in [2.45, 2.75) is 6.54 Å². The molecule has 0 unspecified atom stereocenters. The van der Waals surface area contributed by atoms with E-state index < -0.39 is 0 Å². The van der Waals surface area contributed by atoms with Crippen LogP contribution in [0.4, 0.5) is 0 Å². The molecule has 2 aromatic heterocycles. The SMILES string of the molecule is O=c1[nH]c(/C(Cl)=C\c2cnn(Cc3ccccc3)c2)nc2ccccc12. The number of aromatic nitrogens is 4. The van der Waals surface area contributed by atoms with E-state index in [4.69, 9.17) is 11.6 Å². The molecule has 0 saturated heterocycles. The molecule has 26 heavy (non-hydrogen) atoms. The molecule has 5 nitrogen and oxygen atoms in total. The Balaban J connectivity index is 1.61. The lowest BCUT2D eigenvalue weighted by Crippen LogP contribution is -2.10. The van der Waals surface area contributed by atoms with Crippen molar-refractivity contribution < 1.29 is 0 Å². The van der Waals surface area contributed by atoms with Gasteiger partial charge in [-0.1, -0.05) is 54.1 Å². The Bertz CT molecular complexity index is 1150. The van der Waals surface area contributed by atoms with Crippen LogP contribution in [0.2, 0.25) is 0 Å². The van der Waals surface area contributed by atoms with Crippen molar-refractivity contribution in [2.24, 2.45) is 0 Å². The summed E-state index contributed by atoms with van der Waals surface area (Å²) in [6.45, 7) is 0.678. The fourth-order valence-electron chi connectivity index (χ4n) is 2.73. The van der Waals surface area contributed by atoms with E-state index in [1.54, 1.807) is 30.5 Å². The zero-order valence-electron chi connectivity index (χ0n) is 13.8. The summed E-state index contributed by atoms with van der Waals surface area (Å²) in [5.74, 6) is 0.339. The zero-order chi connectivity index (χ0) is 17.9. The smallest absolute Gasteiger partial charge is 0.259 e. The van der Waals surface area contributed by atoms with Crippen molar-refractivity contribution in [1.82, 2.24) is 19.7 Å². The number of hydrogen-bond acceptors (Lipinski definition) is 3. The van der Waals surface area contributed by atoms with Gasteiger partial charge in [0.2, 0.25) is 0 Å². The first kappa shape index (κ1) is 16.3. The fraction of sp³-hybridized carbons (Fsp3) is 0.0500. The van der Waals surface area contributed by atoms with E-state index in [-0.39, 0.29) is 5.56 Å². The highest BCUT2D eigenvalue weighted by atomic mass is 35.5. The van der Waals surface area contributed by atoms with Gasteiger partial charge in [0, 0.05) is 11.8 Å². The van der Waals surface area contributed by atoms with Crippen LogP contribution in [0.3, 0.4) is 0 Å². The molecule has 2 heterocycles. The lowest BCUT2D eigenvalue weighted by atomic mass is 10.2. The highest BCUT2D eigenvalue weighted by Crippen LogP contribution is 2.19. The Hall–Kier alpha value is -3.18. The number of nitrogens with zero attached hydrogens (tertiary/aromatic N) is 3. The minimum absolute atomic E-state index is 0.211. The molecule has 0 radical (unpaired) electrons. The van der Waals surface area contributed by atoms with Gasteiger partial charge >= 0.3 is 0 Å². The van der Waals surface area contributed by atoms with Gasteiger partial charge in [-0.2, -0.15) is 5.10 Å². The molecule has 0 bridgehead atoms. The van der Waals surface area contributed by atoms with E-state index in [9.17, 15) is 4.79 Å². The standard InChI is InChI=1S/C20H15ClN4O/c21-17(19-23-18-9-5-4-8-16(18)20(26)24-19)10-15-11-22-25(13-15)12-14-6-2-1-3-7-14/h1-11,13H,12H2,(H,23,24,26)/b17-10+. The molecule has 4 rings (SSSR count). The van der Waals surface area contributed by atoms with Crippen LogP contribution in [-0.2, 0) is 6.54 Å². The molecule has 6 heteroatoms. The Morgan fingerprint density at radius 1 is 1.12 bits per heavy atom. The van der Waals surface area contributed by atoms with Crippen molar-refractivity contribution in [2.75, 3.05) is 0 Å². The van der Waals surface area contributed by atoms with Gasteiger partial charge in [0.1, 0.15) is 0 Å². The molecular weight excluding hydrogens is 348 g/mol. The summed E-state index contributed by atoms with van der Waals surface area (Å²) in [7, 11) is 0. The summed E-state index contributed by atoms with van der Waals surface area (Å²) in [5, 5.41) is 5.24. The van der Waals surface area contributed by atoms with Crippen LogP contribution in [-0.4, -0.2) is 19.7 Å². The summed E-state index contributed by atoms with van der Waals surface area (Å²) in [5.41, 5.74) is 2.40. The van der Waals surface area contributed by atoms with Crippen molar-refractivity contribution >= 4 is 33.6 Å². The van der Waals surface area contributed by atoms with E-state index in [1.807, 2.05) is 47.3 Å². The minimum atomic E-state index is -0.211. The van der Waals surface area contributed by atoms with Crippen molar-refractivity contribution in [3.05, 3.63) is 94.3 Å². The van der Waals surface area contributed by atoms with Crippen LogP contribution < -0.4 is 5.56 Å². The van der Waals surface area contributed by atoms with E-state index in [1.165, 1.54) is 0 Å². The number of para-hydroxylation sites is 1. The molecule has 0 fully saturated rings. The molecule has 0 amide bonds. The van der Waals surface area contributed by atoms with Gasteiger partial charge in [-0.25, -0.2) is 4.98 Å². The Morgan fingerprint density at radius 2 is 1.88 bits per heavy atom. The third kappa shape index (κ3) is 3.43. The van der Waals surface area contributed by atoms with Gasteiger partial charge < -0.3 is 4.98 Å². The summed E-state index contributed by atoms with van der Waals surface area (Å²) in [6, 6.07) is 17.2. The normalized spacial score (nSPS) is 11.8. The lowest BCUT2D eigenvalue weighted by Gasteiger charge is -2.01. The van der Waals surface area contributed by atoms with Crippen LogP contribution in [0.1, 0.15) is 17.0 Å². The number of fused-ring (bicyclic) bond motifs is 1. The van der Waals surface area contributed by atoms with E-state index in [0.717, 1.165) is 11.1 Å². The molecule has 0 aliphatic heterocycles. The average molecular weight is 363 g/mol. The summed E-state index contributed by atoms with van der Waals surface area (Å²) >= 11 is 6.37. The van der Waals surface area contributed by atoms with Crippen LogP contribution in [0.5, 0.6) is 0 Å². The quantitative estimate of drug-likeness (QED) is 0.598. The fourth-order valence-corrected chi connectivity index (χ4v) is 2.94. The minimum Gasteiger partial charge on any atom is -0.305 e. The topological polar surface area (TPSA) is 63.6 Å². The zero-order valence-corrected chi connectivity index (χ0v) is 14.5. The molecule has 0 saturated carbocycles. The van der Waals surface area contributed by atoms with Crippen molar-refractivity contribution in [1.29, 1.82) is 0 Å². The van der Waals surface area contributed by atoms with Crippen LogP contribution in [0.15, 0.2) is 71.8 Å². The van der Waals surface area contributed by atoms with E-state index in [2.05, 4.69) is 15.1 Å². The third-order valence-electron chi connectivity index (χ3n) is 3.97. The number of hydrogen-bond donors (Lipinski definition) is 1. The van der Waals surface area contributed by atoms with Crippen LogP contribution >= 0.6 is 11.6 Å². The number of halogens is 1. The summed E-state index contributed by atoms with van der Waals surface area (Å²) in [6.07, 6.45) is 5.36. The Kier molecular flexibility index (Phi) is 4.37. The Morgan fingerprint density at radius 3 is 2.73 bits per heavy atom. The molecule has 2 aromatic carbocycles. The highest BCUT2D eigenvalue weighted by Gasteiger charge is 2.07. The van der Waals surface area contributed by atoms with E-state index >= 15 is 0 Å². The molecular formula is C20H15ClN4O. The summed E-state index contributed by atoms with van der Waals surface area (Å²) in [4.78, 5) is 19.3. The Labute approximate surface area is 154 Å². The largest absolute Gasteiger partial charge is 0.305 e. The first-order valence-electron chi connectivity index (χ1n) is 8.12. The second-order valence-electron chi connectivity index (χ2n) is 5.88. The predicted octanol–water partition coefficient (Wildman–Crippen LogP) is 3.90. The molecule has 0 aliphatic rings. The second kappa shape index (κ2) is 6.98. The predicted molar refractivity (Wildman–Crippen MR) is 104 cm³/mol. The van der Waals surface area contributed by atoms with Gasteiger partial charge in [-0.15, -0.1) is 0 Å². The average Bonchev–Trinajstić information content (AvgIpc) is 3.09. The molecule has 0 aliphatic carbocycles. The van der Waals surface area contributed by atoms with Gasteiger partial charge in [0.25, 0.3) is 5.56 Å². The molecule has 0 spiro atoms. The molecule has 1 N–H and O–H groups in total. The number of aromatic amines is 1.